The molecule has 11 atom stereocenters. The number of thioether (sulfide) groups is 1. The number of halogens is 4. The Kier molecular flexibility index (Phi) is 8.71. The molecule has 39 heavy (non-hydrogen) atoms. The molecule has 14 heteroatoms. The van der Waals surface area contributed by atoms with E-state index in [1.165, 1.54) is 0 Å². The van der Waals surface area contributed by atoms with Gasteiger partial charge in [-0.15, -0.1) is 23.4 Å². The number of fused-ring (bicyclic) bond motifs is 1. The quantitative estimate of drug-likeness (QED) is 0.237. The van der Waals surface area contributed by atoms with E-state index in [0.717, 1.165) is 12.8 Å². The van der Waals surface area contributed by atoms with E-state index in [1.807, 2.05) is 0 Å². The van der Waals surface area contributed by atoms with Crippen LogP contribution in [0.5, 0.6) is 0 Å². The average Bonchev–Trinajstić information content (AvgIpc) is 3.57. The fourth-order valence-corrected chi connectivity index (χ4v) is 8.90. The summed E-state index contributed by atoms with van der Waals surface area (Å²) < 4.78 is 45.3. The molecule has 0 aromatic carbocycles. The van der Waals surface area contributed by atoms with Gasteiger partial charge in [-0.3, -0.25) is 20.2 Å². The molecule has 5 rings (SSSR count). The fourth-order valence-electron chi connectivity index (χ4n) is 7.20. The second kappa shape index (κ2) is 11.4. The van der Waals surface area contributed by atoms with Gasteiger partial charge in [0.1, 0.15) is 5.50 Å². The number of nitrogens with zero attached hydrogens (tertiary/aromatic N) is 1. The number of hydrogen-bond acceptors (Lipinski definition) is 8. The molecular weight excluding hydrogens is 559 g/mol. The Bertz CT molecular complexity index is 923. The molecule has 0 spiro atoms. The molecule has 9 nitrogen and oxygen atoms in total. The van der Waals surface area contributed by atoms with Gasteiger partial charge in [0.2, 0.25) is 11.8 Å². The first kappa shape index (κ1) is 29.7. The third-order valence-electron chi connectivity index (χ3n) is 9.41. The van der Waals surface area contributed by atoms with E-state index in [1.54, 1.807) is 23.8 Å². The van der Waals surface area contributed by atoms with Crippen molar-refractivity contribution in [2.45, 2.75) is 85.2 Å². The fraction of sp³-hybridized carbons (Fsp3) is 0.920. The topological polar surface area (TPSA) is 115 Å². The van der Waals surface area contributed by atoms with Gasteiger partial charge in [0, 0.05) is 56.5 Å². The number of methoxy groups -OCH3 is 1. The van der Waals surface area contributed by atoms with Crippen molar-refractivity contribution in [1.29, 1.82) is 0 Å². The van der Waals surface area contributed by atoms with Crippen molar-refractivity contribution in [2.24, 2.45) is 23.7 Å². The van der Waals surface area contributed by atoms with Crippen LogP contribution in [0.15, 0.2) is 0 Å². The molecule has 4 heterocycles. The summed E-state index contributed by atoms with van der Waals surface area (Å²) in [5.41, 5.74) is -3.24. The van der Waals surface area contributed by atoms with Crippen molar-refractivity contribution < 1.29 is 32.6 Å². The molecule has 5 N–H and O–H groups in total. The number of rotatable bonds is 5. The minimum absolute atomic E-state index is 0.0144. The molecular formula is C25H39ClF3N5O4S. The maximum Gasteiger partial charge on any atom is 0.417 e. The summed E-state index contributed by atoms with van der Waals surface area (Å²) in [4.78, 5) is 28.1. The van der Waals surface area contributed by atoms with Gasteiger partial charge in [0.15, 0.2) is 5.60 Å². The summed E-state index contributed by atoms with van der Waals surface area (Å²) in [5.74, 6) is -1.14. The lowest BCUT2D eigenvalue weighted by Gasteiger charge is -2.45. The summed E-state index contributed by atoms with van der Waals surface area (Å²) in [6.45, 7) is 4.12. The van der Waals surface area contributed by atoms with Crippen LogP contribution in [0, 0.1) is 23.7 Å². The lowest BCUT2D eigenvalue weighted by molar-refractivity contribution is -0.258. The van der Waals surface area contributed by atoms with Crippen LogP contribution in [-0.2, 0) is 14.3 Å². The highest BCUT2D eigenvalue weighted by atomic mass is 35.5. The van der Waals surface area contributed by atoms with Crippen molar-refractivity contribution in [3.63, 3.8) is 0 Å². The number of nitrogens with one attached hydrogen (secondary N) is 4. The summed E-state index contributed by atoms with van der Waals surface area (Å²) in [7, 11) is 1.70. The molecule has 1 saturated carbocycles. The molecule has 11 unspecified atom stereocenters. The first-order valence-corrected chi connectivity index (χ1v) is 15.2. The second-order valence-corrected chi connectivity index (χ2v) is 13.8. The molecule has 5 fully saturated rings. The lowest BCUT2D eigenvalue weighted by atomic mass is 9.70. The Balaban J connectivity index is 1.15. The van der Waals surface area contributed by atoms with Gasteiger partial charge >= 0.3 is 6.18 Å². The first-order valence-electron chi connectivity index (χ1n) is 13.8. The number of carbonyl (C=O) groups is 2. The Morgan fingerprint density at radius 2 is 1.95 bits per heavy atom. The monoisotopic (exact) mass is 597 g/mol. The highest BCUT2D eigenvalue weighted by Crippen LogP contribution is 2.46. The van der Waals surface area contributed by atoms with Gasteiger partial charge in [0.05, 0.1) is 17.5 Å². The highest BCUT2D eigenvalue weighted by molar-refractivity contribution is 8.00. The number of ether oxygens (including phenoxy) is 1. The largest absolute Gasteiger partial charge is 0.417 e. The number of amides is 2. The zero-order valence-corrected chi connectivity index (χ0v) is 23.7. The van der Waals surface area contributed by atoms with Crippen LogP contribution in [-0.4, -0.2) is 101 Å². The summed E-state index contributed by atoms with van der Waals surface area (Å²) in [6, 6.07) is 0.223. The van der Waals surface area contributed by atoms with E-state index in [-0.39, 0.29) is 70.4 Å². The predicted octanol–water partition coefficient (Wildman–Crippen LogP) is 1.20. The zero-order valence-electron chi connectivity index (χ0n) is 22.2. The summed E-state index contributed by atoms with van der Waals surface area (Å²) in [6.07, 6.45) is -4.17. The van der Waals surface area contributed by atoms with Crippen LogP contribution < -0.4 is 21.3 Å². The van der Waals surface area contributed by atoms with Crippen LogP contribution in [0.25, 0.3) is 0 Å². The number of aliphatic hydroxyl groups is 1. The number of alkyl halides is 4. The maximum absolute atomic E-state index is 13.5. The van der Waals surface area contributed by atoms with Crippen LogP contribution in [0.2, 0.25) is 0 Å². The van der Waals surface area contributed by atoms with Gasteiger partial charge in [-0.05, 0) is 50.9 Å². The normalized spacial score (nSPS) is 44.8. The van der Waals surface area contributed by atoms with Crippen molar-refractivity contribution >= 4 is 35.2 Å². The molecule has 1 aliphatic carbocycles. The van der Waals surface area contributed by atoms with Crippen molar-refractivity contribution in [1.82, 2.24) is 26.2 Å². The third kappa shape index (κ3) is 6.05. The number of piperidine rings is 2. The van der Waals surface area contributed by atoms with Crippen molar-refractivity contribution in [3.05, 3.63) is 0 Å². The molecule has 4 aliphatic heterocycles. The molecule has 0 radical (unpaired) electrons. The van der Waals surface area contributed by atoms with Gasteiger partial charge in [-0.2, -0.15) is 13.2 Å². The maximum atomic E-state index is 13.5. The first-order chi connectivity index (χ1) is 18.4. The predicted molar refractivity (Wildman–Crippen MR) is 141 cm³/mol. The van der Waals surface area contributed by atoms with E-state index in [0.29, 0.717) is 26.2 Å². The molecule has 5 aliphatic rings. The number of likely N-dealkylation sites (tertiary alicyclic amines) is 1. The number of carbonyl (C=O) groups excluding carboxylic acids is 2. The Labute approximate surface area is 236 Å². The van der Waals surface area contributed by atoms with E-state index >= 15 is 0 Å². The zero-order chi connectivity index (χ0) is 28.1. The molecule has 0 aromatic heterocycles. The molecule has 0 bridgehead atoms. The Morgan fingerprint density at radius 1 is 1.18 bits per heavy atom. The van der Waals surface area contributed by atoms with Gasteiger partial charge < -0.3 is 25.4 Å². The van der Waals surface area contributed by atoms with Crippen molar-refractivity contribution in [3.8, 4) is 0 Å². The van der Waals surface area contributed by atoms with Crippen LogP contribution in [0.3, 0.4) is 0 Å². The van der Waals surface area contributed by atoms with Gasteiger partial charge in [-0.1, -0.05) is 0 Å². The van der Waals surface area contributed by atoms with Gasteiger partial charge in [0.25, 0.3) is 0 Å². The average molecular weight is 598 g/mol. The lowest BCUT2D eigenvalue weighted by Crippen LogP contribution is -2.57. The van der Waals surface area contributed by atoms with Crippen LogP contribution in [0.1, 0.15) is 39.0 Å². The molecule has 4 saturated heterocycles. The minimum atomic E-state index is -4.73. The smallest absolute Gasteiger partial charge is 0.380 e. The van der Waals surface area contributed by atoms with E-state index in [9.17, 15) is 27.9 Å². The summed E-state index contributed by atoms with van der Waals surface area (Å²) in [5, 5.41) is 23.2. The Morgan fingerprint density at radius 3 is 2.62 bits per heavy atom. The van der Waals surface area contributed by atoms with E-state index < -0.39 is 30.5 Å². The van der Waals surface area contributed by atoms with Crippen LogP contribution >= 0.6 is 23.4 Å². The Hall–Kier alpha value is -0.830. The SMILES string of the molecule is COC1CNC(Cl)CC1C1CC(C)NCC1C(=O)NC1NC2CN(C(=O)C3CCC(O)(C(F)(F)F)C3)CC2S1. The summed E-state index contributed by atoms with van der Waals surface area (Å²) >= 11 is 7.97. The molecule has 222 valence electrons. The second-order valence-electron chi connectivity index (χ2n) is 11.9. The highest BCUT2D eigenvalue weighted by Gasteiger charge is 2.59. The number of hydrogen-bond donors (Lipinski definition) is 5. The molecule has 2 amide bonds. The van der Waals surface area contributed by atoms with Crippen molar-refractivity contribution in [2.75, 3.05) is 33.3 Å². The minimum Gasteiger partial charge on any atom is -0.380 e. The van der Waals surface area contributed by atoms with E-state index in [4.69, 9.17) is 16.3 Å². The van der Waals surface area contributed by atoms with Gasteiger partial charge in [-0.25, -0.2) is 0 Å². The standard InChI is InChI=1S/C25H39ClF3N5O4S/c1-12-5-14(15-6-20(26)31-9-18(15)38-2)16(8-30-12)21(35)33-23-32-17-10-34(11-19(17)39-23)22(36)13-3-4-24(37,7-13)25(27,28)29/h12-20,23,30-32,37H,3-11H2,1-2H3,(H,33,35). The van der Waals surface area contributed by atoms with E-state index in [2.05, 4.69) is 28.2 Å². The molecule has 0 aromatic rings. The third-order valence-corrected chi connectivity index (χ3v) is 11.1. The van der Waals surface area contributed by atoms with Crippen LogP contribution in [0.4, 0.5) is 13.2 Å².